The second-order valence-electron chi connectivity index (χ2n) is 4.54. The summed E-state index contributed by atoms with van der Waals surface area (Å²) in [4.78, 5) is 3.97. The van der Waals surface area contributed by atoms with Crippen LogP contribution in [0.25, 0.3) is 0 Å². The maximum Gasteiger partial charge on any atom is 0.123 e. The zero-order valence-electron chi connectivity index (χ0n) is 11.5. The largest absolute Gasteiger partial charge is 0.508 e. The third kappa shape index (κ3) is 3.43. The van der Waals surface area contributed by atoms with Crippen molar-refractivity contribution < 1.29 is 9.50 Å². The average Bonchev–Trinajstić information content (AvgIpc) is 2.42. The summed E-state index contributed by atoms with van der Waals surface area (Å²) in [5.41, 5.74) is 1.88. The zero-order chi connectivity index (χ0) is 14.5. The van der Waals surface area contributed by atoms with E-state index in [-0.39, 0.29) is 11.5 Å². The lowest BCUT2D eigenvalue weighted by Crippen LogP contribution is -2.06. The van der Waals surface area contributed by atoms with Gasteiger partial charge in [-0.3, -0.25) is 4.99 Å². The molecule has 1 N–H and O–H groups in total. The molecule has 2 nitrogen and oxygen atoms in total. The lowest BCUT2D eigenvalue weighted by Gasteiger charge is -2.15. The minimum Gasteiger partial charge on any atom is -0.508 e. The van der Waals surface area contributed by atoms with Gasteiger partial charge in [0.15, 0.2) is 0 Å². The van der Waals surface area contributed by atoms with Gasteiger partial charge >= 0.3 is 0 Å². The molecule has 0 radical (unpaired) electrons. The molecule has 0 saturated heterocycles. The SMILES string of the molecule is CN=Cc1cc(F)ccc1PC(C)c1ccccc1O. The molecule has 0 heterocycles. The first-order valence-corrected chi connectivity index (χ1v) is 7.45. The van der Waals surface area contributed by atoms with Crippen molar-refractivity contribution in [3.63, 3.8) is 0 Å². The van der Waals surface area contributed by atoms with Crippen LogP contribution in [-0.4, -0.2) is 18.4 Å². The highest BCUT2D eigenvalue weighted by molar-refractivity contribution is 7.47. The third-order valence-corrected chi connectivity index (χ3v) is 4.57. The van der Waals surface area contributed by atoms with Crippen molar-refractivity contribution in [3.8, 4) is 5.75 Å². The van der Waals surface area contributed by atoms with Crippen LogP contribution in [0.1, 0.15) is 23.7 Å². The van der Waals surface area contributed by atoms with E-state index in [0.29, 0.717) is 14.3 Å². The molecule has 2 atom stereocenters. The fraction of sp³-hybridized carbons (Fsp3) is 0.188. The van der Waals surface area contributed by atoms with Crippen LogP contribution in [0.2, 0.25) is 0 Å². The first-order valence-electron chi connectivity index (χ1n) is 6.38. The number of rotatable bonds is 4. The van der Waals surface area contributed by atoms with Crippen LogP contribution in [-0.2, 0) is 0 Å². The molecule has 4 heteroatoms. The Morgan fingerprint density at radius 1 is 1.25 bits per heavy atom. The summed E-state index contributed by atoms with van der Waals surface area (Å²) in [6.45, 7) is 2.06. The van der Waals surface area contributed by atoms with Crippen molar-refractivity contribution >= 4 is 20.1 Å². The van der Waals surface area contributed by atoms with Crippen LogP contribution in [0.3, 0.4) is 0 Å². The lowest BCUT2D eigenvalue weighted by molar-refractivity contribution is 0.468. The number of hydrogen-bond donors (Lipinski definition) is 1. The molecule has 2 unspecified atom stereocenters. The van der Waals surface area contributed by atoms with Crippen LogP contribution < -0.4 is 5.30 Å². The second kappa shape index (κ2) is 6.62. The number of halogens is 1. The Hall–Kier alpha value is -1.73. The van der Waals surface area contributed by atoms with E-state index in [1.54, 1.807) is 25.4 Å². The zero-order valence-corrected chi connectivity index (χ0v) is 12.5. The van der Waals surface area contributed by atoms with Gasteiger partial charge in [-0.05, 0) is 23.5 Å². The maximum absolute atomic E-state index is 13.3. The molecule has 0 amide bonds. The molecule has 2 rings (SSSR count). The summed E-state index contributed by atoms with van der Waals surface area (Å²) in [6, 6.07) is 12.1. The predicted molar refractivity (Wildman–Crippen MR) is 84.4 cm³/mol. The minimum atomic E-state index is -0.260. The molecule has 0 aliphatic carbocycles. The van der Waals surface area contributed by atoms with Crippen LogP contribution in [0, 0.1) is 5.82 Å². The molecule has 0 aliphatic heterocycles. The van der Waals surface area contributed by atoms with Crippen LogP contribution in [0.5, 0.6) is 5.75 Å². The number of phenolic OH excluding ortho intramolecular Hbond substituents is 1. The number of hydrogen-bond acceptors (Lipinski definition) is 2. The molecule has 0 aliphatic rings. The summed E-state index contributed by atoms with van der Waals surface area (Å²) in [5.74, 6) is 0.0454. The molecular formula is C16H17FNOP. The Bertz CT molecular complexity index is 628. The van der Waals surface area contributed by atoms with Gasteiger partial charge in [0.25, 0.3) is 0 Å². The molecular weight excluding hydrogens is 272 g/mol. The van der Waals surface area contributed by atoms with Gasteiger partial charge in [0.1, 0.15) is 11.6 Å². The third-order valence-electron chi connectivity index (χ3n) is 3.06. The van der Waals surface area contributed by atoms with E-state index in [0.717, 1.165) is 16.4 Å². The van der Waals surface area contributed by atoms with Gasteiger partial charge in [-0.15, -0.1) is 0 Å². The van der Waals surface area contributed by atoms with E-state index in [1.165, 1.54) is 12.1 Å². The Kier molecular flexibility index (Phi) is 4.86. The highest BCUT2D eigenvalue weighted by atomic mass is 31.1. The predicted octanol–water partition coefficient (Wildman–Crippen LogP) is 3.65. The summed E-state index contributed by atoms with van der Waals surface area (Å²) in [5, 5.41) is 10.9. The highest BCUT2D eigenvalue weighted by Gasteiger charge is 2.12. The Morgan fingerprint density at radius 2 is 2.00 bits per heavy atom. The van der Waals surface area contributed by atoms with Gasteiger partial charge in [0.2, 0.25) is 0 Å². The molecule has 2 aromatic rings. The average molecular weight is 289 g/mol. The van der Waals surface area contributed by atoms with E-state index in [9.17, 15) is 9.50 Å². The molecule has 20 heavy (non-hydrogen) atoms. The first kappa shape index (κ1) is 14.7. The van der Waals surface area contributed by atoms with Gasteiger partial charge in [-0.2, -0.15) is 0 Å². The molecule has 0 bridgehead atoms. The van der Waals surface area contributed by atoms with Crippen LogP contribution in [0.4, 0.5) is 4.39 Å². The molecule has 0 saturated carbocycles. The van der Waals surface area contributed by atoms with E-state index in [2.05, 4.69) is 11.9 Å². The number of para-hydroxylation sites is 1. The number of phenols is 1. The quantitative estimate of drug-likeness (QED) is 0.676. The van der Waals surface area contributed by atoms with E-state index in [4.69, 9.17) is 0 Å². The highest BCUT2D eigenvalue weighted by Crippen LogP contribution is 2.38. The van der Waals surface area contributed by atoms with Gasteiger partial charge in [0.05, 0.1) is 0 Å². The first-order chi connectivity index (χ1) is 9.61. The monoisotopic (exact) mass is 289 g/mol. The van der Waals surface area contributed by atoms with Crippen molar-refractivity contribution in [2.45, 2.75) is 12.6 Å². The van der Waals surface area contributed by atoms with E-state index < -0.39 is 0 Å². The summed E-state index contributed by atoms with van der Waals surface area (Å²) in [7, 11) is 2.11. The normalized spacial score (nSPS) is 13.3. The Balaban J connectivity index is 2.28. The van der Waals surface area contributed by atoms with Crippen molar-refractivity contribution in [2.75, 3.05) is 7.05 Å². The van der Waals surface area contributed by atoms with Gasteiger partial charge in [-0.25, -0.2) is 4.39 Å². The fourth-order valence-electron chi connectivity index (χ4n) is 2.08. The molecule has 0 fully saturated rings. The summed E-state index contributed by atoms with van der Waals surface area (Å²) < 4.78 is 13.3. The Morgan fingerprint density at radius 3 is 2.70 bits per heavy atom. The summed E-state index contributed by atoms with van der Waals surface area (Å²) >= 11 is 0. The van der Waals surface area contributed by atoms with Gasteiger partial charge < -0.3 is 5.11 Å². The number of aromatic hydroxyl groups is 1. The fourth-order valence-corrected chi connectivity index (χ4v) is 3.42. The standard InChI is InChI=1S/C16H17FNOP/c1-11(14-5-3-4-6-15(14)19)20-16-8-7-13(17)9-12(16)10-18-2/h3-11,19-20H,1-2H3. The lowest BCUT2D eigenvalue weighted by atomic mass is 10.1. The number of aliphatic imine (C=N–C) groups is 1. The maximum atomic E-state index is 13.3. The number of benzene rings is 2. The molecule has 104 valence electrons. The smallest absolute Gasteiger partial charge is 0.123 e. The Labute approximate surface area is 120 Å². The topological polar surface area (TPSA) is 32.6 Å². The molecule has 0 spiro atoms. The van der Waals surface area contributed by atoms with Gasteiger partial charge in [-0.1, -0.05) is 39.8 Å². The molecule has 2 aromatic carbocycles. The number of nitrogens with zero attached hydrogens (tertiary/aromatic N) is 1. The molecule has 0 aromatic heterocycles. The van der Waals surface area contributed by atoms with Crippen molar-refractivity contribution in [1.29, 1.82) is 0 Å². The summed E-state index contributed by atoms with van der Waals surface area (Å²) in [6.07, 6.45) is 1.67. The second-order valence-corrected chi connectivity index (χ2v) is 6.24. The van der Waals surface area contributed by atoms with Crippen LogP contribution >= 0.6 is 8.58 Å². The van der Waals surface area contributed by atoms with Crippen LogP contribution in [0.15, 0.2) is 47.5 Å². The van der Waals surface area contributed by atoms with Crippen molar-refractivity contribution in [2.24, 2.45) is 4.99 Å². The minimum absolute atomic E-state index is 0.172. The van der Waals surface area contributed by atoms with Crippen molar-refractivity contribution in [3.05, 3.63) is 59.4 Å². The van der Waals surface area contributed by atoms with E-state index in [1.807, 2.05) is 18.2 Å². The van der Waals surface area contributed by atoms with Crippen molar-refractivity contribution in [1.82, 2.24) is 0 Å². The van der Waals surface area contributed by atoms with E-state index >= 15 is 0 Å². The van der Waals surface area contributed by atoms with Gasteiger partial charge in [0, 0.05) is 30.0 Å².